The summed E-state index contributed by atoms with van der Waals surface area (Å²) in [7, 11) is 0. The van der Waals surface area contributed by atoms with Gasteiger partial charge in [-0.1, -0.05) is 18.2 Å². The van der Waals surface area contributed by atoms with Crippen LogP contribution in [0.2, 0.25) is 0 Å². The van der Waals surface area contributed by atoms with Crippen LogP contribution in [0.15, 0.2) is 54.7 Å². The van der Waals surface area contributed by atoms with Crippen LogP contribution in [0.5, 0.6) is 0 Å². The number of piperidine rings is 1. The molecule has 1 aliphatic heterocycles. The van der Waals surface area contributed by atoms with Crippen LogP contribution >= 0.6 is 0 Å². The Morgan fingerprint density at radius 1 is 0.966 bits per heavy atom. The van der Waals surface area contributed by atoms with E-state index in [0.29, 0.717) is 30.3 Å². The highest BCUT2D eigenvalue weighted by molar-refractivity contribution is 5.60. The van der Waals surface area contributed by atoms with E-state index in [1.54, 1.807) is 18.3 Å². The molecule has 3 aromatic rings. The van der Waals surface area contributed by atoms with E-state index in [-0.39, 0.29) is 5.82 Å². The van der Waals surface area contributed by atoms with Gasteiger partial charge in [-0.15, -0.1) is 5.10 Å². The van der Waals surface area contributed by atoms with Crippen molar-refractivity contribution in [3.05, 3.63) is 66.1 Å². The van der Waals surface area contributed by atoms with Gasteiger partial charge in [0, 0.05) is 31.0 Å². The maximum absolute atomic E-state index is 13.7. The molecule has 1 fully saturated rings. The molecule has 150 valence electrons. The largest absolute Gasteiger partial charge is 0.372 e. The summed E-state index contributed by atoms with van der Waals surface area (Å²) >= 11 is 0. The van der Waals surface area contributed by atoms with E-state index >= 15 is 0 Å². The molecule has 1 saturated heterocycles. The van der Waals surface area contributed by atoms with E-state index in [2.05, 4.69) is 55.0 Å². The van der Waals surface area contributed by atoms with Gasteiger partial charge in [0.15, 0.2) is 5.82 Å². The molecule has 1 aromatic heterocycles. The average Bonchev–Trinajstić information content (AvgIpc) is 2.77. The fourth-order valence-electron chi connectivity index (χ4n) is 3.50. The molecule has 0 spiro atoms. The van der Waals surface area contributed by atoms with Gasteiger partial charge >= 0.3 is 0 Å². The van der Waals surface area contributed by atoms with Crippen LogP contribution in [0.4, 0.5) is 27.5 Å². The molecule has 0 aliphatic carbocycles. The fraction of sp³-hybridized carbons (Fsp3) is 0.318. The lowest BCUT2D eigenvalue weighted by Gasteiger charge is -2.28. The molecule has 0 saturated carbocycles. The lowest BCUT2D eigenvalue weighted by atomic mass is 10.1. The minimum absolute atomic E-state index is 0.197. The first-order chi connectivity index (χ1) is 14.3. The van der Waals surface area contributed by atoms with Crippen LogP contribution < -0.4 is 15.5 Å². The van der Waals surface area contributed by atoms with Gasteiger partial charge in [-0.3, -0.25) is 0 Å². The first-order valence-electron chi connectivity index (χ1n) is 10.1. The van der Waals surface area contributed by atoms with Crippen molar-refractivity contribution in [3.63, 3.8) is 0 Å². The molecule has 0 atom stereocenters. The van der Waals surface area contributed by atoms with Crippen LogP contribution in [0.25, 0.3) is 0 Å². The summed E-state index contributed by atoms with van der Waals surface area (Å²) in [4.78, 5) is 6.86. The number of rotatable bonds is 7. The Labute approximate surface area is 170 Å². The standard InChI is InChI=1S/C22H25FN6/c23-20-7-3-2-6-17(20)12-13-24-22-27-21(16-25-28-22)26-18-8-10-19(11-9-18)29-14-4-1-5-15-29/h2-3,6-11,16H,1,4-5,12-15H2,(H2,24,26,27,28). The second kappa shape index (κ2) is 9.32. The maximum atomic E-state index is 13.7. The summed E-state index contributed by atoms with van der Waals surface area (Å²) in [6.45, 7) is 2.78. The van der Waals surface area contributed by atoms with Crippen LogP contribution in [0.1, 0.15) is 24.8 Å². The number of nitrogens with one attached hydrogen (secondary N) is 2. The summed E-state index contributed by atoms with van der Waals surface area (Å²) in [5, 5.41) is 14.4. The van der Waals surface area contributed by atoms with Crippen molar-refractivity contribution in [2.45, 2.75) is 25.7 Å². The Hall–Kier alpha value is -3.22. The third-order valence-corrected chi connectivity index (χ3v) is 5.06. The van der Waals surface area contributed by atoms with Gasteiger partial charge in [0.1, 0.15) is 5.82 Å². The second-order valence-corrected chi connectivity index (χ2v) is 7.15. The van der Waals surface area contributed by atoms with Crippen molar-refractivity contribution in [2.75, 3.05) is 35.2 Å². The van der Waals surface area contributed by atoms with Crippen LogP contribution in [0.3, 0.4) is 0 Å². The topological polar surface area (TPSA) is 66.0 Å². The van der Waals surface area contributed by atoms with E-state index in [1.807, 2.05) is 6.07 Å². The molecule has 2 N–H and O–H groups in total. The zero-order chi connectivity index (χ0) is 19.9. The summed E-state index contributed by atoms with van der Waals surface area (Å²) in [5.74, 6) is 0.826. The monoisotopic (exact) mass is 392 g/mol. The smallest absolute Gasteiger partial charge is 0.244 e. The summed E-state index contributed by atoms with van der Waals surface area (Å²) in [5.41, 5.74) is 2.87. The van der Waals surface area contributed by atoms with Crippen LogP contribution in [-0.2, 0) is 6.42 Å². The fourth-order valence-corrected chi connectivity index (χ4v) is 3.50. The van der Waals surface area contributed by atoms with Crippen molar-refractivity contribution < 1.29 is 4.39 Å². The Balaban J connectivity index is 1.33. The highest BCUT2D eigenvalue weighted by Gasteiger charge is 2.10. The lowest BCUT2D eigenvalue weighted by molar-refractivity contribution is 0.578. The Morgan fingerprint density at radius 2 is 1.76 bits per heavy atom. The molecule has 7 heteroatoms. The molecule has 4 rings (SSSR count). The molecule has 29 heavy (non-hydrogen) atoms. The zero-order valence-corrected chi connectivity index (χ0v) is 16.3. The third kappa shape index (κ3) is 5.19. The molecule has 1 aliphatic rings. The van der Waals surface area contributed by atoms with Gasteiger partial charge in [0.05, 0.1) is 6.20 Å². The predicted molar refractivity (Wildman–Crippen MR) is 114 cm³/mol. The molecule has 2 heterocycles. The van der Waals surface area contributed by atoms with Gasteiger partial charge in [-0.25, -0.2) is 4.39 Å². The number of halogens is 1. The van der Waals surface area contributed by atoms with Gasteiger partial charge in [-0.2, -0.15) is 10.1 Å². The van der Waals surface area contributed by atoms with Crippen molar-refractivity contribution in [2.24, 2.45) is 0 Å². The molecule has 0 amide bonds. The molecule has 0 unspecified atom stereocenters. The number of nitrogens with zero attached hydrogens (tertiary/aromatic N) is 4. The second-order valence-electron chi connectivity index (χ2n) is 7.15. The normalized spacial score (nSPS) is 13.9. The van der Waals surface area contributed by atoms with Crippen molar-refractivity contribution in [3.8, 4) is 0 Å². The first-order valence-corrected chi connectivity index (χ1v) is 10.1. The van der Waals surface area contributed by atoms with Gasteiger partial charge < -0.3 is 15.5 Å². The van der Waals surface area contributed by atoms with Crippen LogP contribution in [-0.4, -0.2) is 34.8 Å². The molecule has 2 aromatic carbocycles. The number of aromatic nitrogens is 3. The average molecular weight is 392 g/mol. The van der Waals surface area contributed by atoms with Crippen molar-refractivity contribution in [1.82, 2.24) is 15.2 Å². The van der Waals surface area contributed by atoms with E-state index in [0.717, 1.165) is 18.8 Å². The highest BCUT2D eigenvalue weighted by atomic mass is 19.1. The van der Waals surface area contributed by atoms with Gasteiger partial charge in [-0.05, 0) is 61.6 Å². The third-order valence-electron chi connectivity index (χ3n) is 5.06. The first kappa shape index (κ1) is 19.1. The zero-order valence-electron chi connectivity index (χ0n) is 16.3. The molecular weight excluding hydrogens is 367 g/mol. The van der Waals surface area contributed by atoms with E-state index in [1.165, 1.54) is 31.0 Å². The highest BCUT2D eigenvalue weighted by Crippen LogP contribution is 2.23. The number of benzene rings is 2. The summed E-state index contributed by atoms with van der Waals surface area (Å²) in [6.07, 6.45) is 5.98. The maximum Gasteiger partial charge on any atom is 0.244 e. The van der Waals surface area contributed by atoms with E-state index in [4.69, 9.17) is 0 Å². The van der Waals surface area contributed by atoms with Gasteiger partial charge in [0.2, 0.25) is 5.95 Å². The Morgan fingerprint density at radius 3 is 2.55 bits per heavy atom. The minimum atomic E-state index is -0.197. The Bertz CT molecular complexity index is 925. The molecule has 6 nitrogen and oxygen atoms in total. The lowest BCUT2D eigenvalue weighted by Crippen LogP contribution is -2.29. The minimum Gasteiger partial charge on any atom is -0.372 e. The van der Waals surface area contributed by atoms with Crippen LogP contribution in [0, 0.1) is 5.82 Å². The Kier molecular flexibility index (Phi) is 6.14. The van der Waals surface area contributed by atoms with E-state index < -0.39 is 0 Å². The predicted octanol–water partition coefficient (Wildman–Crippen LogP) is 4.40. The number of anilines is 4. The van der Waals surface area contributed by atoms with E-state index in [9.17, 15) is 4.39 Å². The number of hydrogen-bond acceptors (Lipinski definition) is 6. The summed E-state index contributed by atoms with van der Waals surface area (Å²) in [6, 6.07) is 15.1. The molecule has 0 radical (unpaired) electrons. The summed E-state index contributed by atoms with van der Waals surface area (Å²) < 4.78 is 13.7. The van der Waals surface area contributed by atoms with Gasteiger partial charge in [0.25, 0.3) is 0 Å². The van der Waals surface area contributed by atoms with Crippen molar-refractivity contribution in [1.29, 1.82) is 0 Å². The van der Waals surface area contributed by atoms with Crippen molar-refractivity contribution >= 4 is 23.1 Å². The molecule has 0 bridgehead atoms. The number of hydrogen-bond donors (Lipinski definition) is 2. The molecular formula is C22H25FN6. The SMILES string of the molecule is Fc1ccccc1CCNc1nncc(Nc2ccc(N3CCCCC3)cc2)n1. The quantitative estimate of drug-likeness (QED) is 0.621.